The molecule has 0 saturated heterocycles. The van der Waals surface area contributed by atoms with Crippen LogP contribution in [0.4, 0.5) is 4.39 Å². The summed E-state index contributed by atoms with van der Waals surface area (Å²) in [4.78, 5) is 12.0. The summed E-state index contributed by atoms with van der Waals surface area (Å²) in [7, 11) is 0. The fourth-order valence-electron chi connectivity index (χ4n) is 2.10. The fraction of sp³-hybridized carbons (Fsp3) is 0.467. The van der Waals surface area contributed by atoms with E-state index in [-0.39, 0.29) is 16.9 Å². The van der Waals surface area contributed by atoms with Gasteiger partial charge in [0.05, 0.1) is 15.9 Å². The van der Waals surface area contributed by atoms with Crippen LogP contribution < -0.4 is 0 Å². The van der Waals surface area contributed by atoms with Gasteiger partial charge in [0.25, 0.3) is 0 Å². The number of nitrogens with zero attached hydrogens (tertiary/aromatic N) is 1. The average Bonchev–Trinajstić information content (AvgIpc) is 2.46. The lowest BCUT2D eigenvalue weighted by Crippen LogP contribution is -2.15. The minimum Gasteiger partial charge on any atom is -0.298 e. The van der Waals surface area contributed by atoms with Crippen LogP contribution in [-0.4, -0.2) is 11.1 Å². The van der Waals surface area contributed by atoms with Gasteiger partial charge in [-0.05, 0) is 40.4 Å². The lowest BCUT2D eigenvalue weighted by Gasteiger charge is -2.16. The molecule has 1 aromatic rings. The Morgan fingerprint density at radius 2 is 2.10 bits per heavy atom. The Balaban J connectivity index is 2.77. The minimum atomic E-state index is -0.422. The van der Waals surface area contributed by atoms with E-state index >= 15 is 0 Å². The maximum absolute atomic E-state index is 14.1. The van der Waals surface area contributed by atoms with E-state index in [9.17, 15) is 9.18 Å². The van der Waals surface area contributed by atoms with Crippen molar-refractivity contribution in [2.75, 3.05) is 5.33 Å². The van der Waals surface area contributed by atoms with Crippen LogP contribution in [0.3, 0.4) is 0 Å². The van der Waals surface area contributed by atoms with E-state index in [4.69, 9.17) is 5.26 Å². The van der Waals surface area contributed by atoms with Crippen LogP contribution >= 0.6 is 31.9 Å². The molecule has 0 N–H and O–H groups in total. The average molecular weight is 405 g/mol. The van der Waals surface area contributed by atoms with Crippen LogP contribution in [-0.2, 0) is 4.79 Å². The Bertz CT molecular complexity index is 499. The van der Waals surface area contributed by atoms with E-state index in [1.54, 1.807) is 18.2 Å². The Morgan fingerprint density at radius 3 is 2.75 bits per heavy atom. The van der Waals surface area contributed by atoms with E-state index in [0.717, 1.165) is 19.3 Å². The summed E-state index contributed by atoms with van der Waals surface area (Å²) in [6.45, 7) is 0. The number of carbonyl (C=O) groups is 1. The van der Waals surface area contributed by atoms with E-state index in [1.165, 1.54) is 0 Å². The van der Waals surface area contributed by atoms with Crippen LogP contribution in [0, 0.1) is 17.1 Å². The molecule has 0 radical (unpaired) electrons. The summed E-state index contributed by atoms with van der Waals surface area (Å²) < 4.78 is 14.5. The van der Waals surface area contributed by atoms with Crippen molar-refractivity contribution in [3.63, 3.8) is 0 Å². The molecule has 0 aliphatic carbocycles. The van der Waals surface area contributed by atoms with Gasteiger partial charge in [-0.3, -0.25) is 4.79 Å². The quantitative estimate of drug-likeness (QED) is 0.446. The molecule has 0 heterocycles. The Kier molecular flexibility index (Phi) is 8.01. The normalized spacial score (nSPS) is 11.9. The SMILES string of the molecule is N#CCCCCCC(C(=O)CBr)c1cccc(Br)c1F. The van der Waals surface area contributed by atoms with Gasteiger partial charge in [-0.1, -0.05) is 40.9 Å². The third-order valence-corrected chi connectivity index (χ3v) is 4.32. The van der Waals surface area contributed by atoms with Gasteiger partial charge < -0.3 is 0 Å². The van der Waals surface area contributed by atoms with Crippen molar-refractivity contribution in [1.82, 2.24) is 0 Å². The summed E-state index contributed by atoms with van der Waals surface area (Å²) in [6.07, 6.45) is 3.67. The summed E-state index contributed by atoms with van der Waals surface area (Å²) in [5.74, 6) is -0.792. The predicted molar refractivity (Wildman–Crippen MR) is 84.3 cm³/mol. The number of rotatable bonds is 8. The highest BCUT2D eigenvalue weighted by Gasteiger charge is 2.23. The van der Waals surface area contributed by atoms with Gasteiger partial charge in [-0.25, -0.2) is 4.39 Å². The topological polar surface area (TPSA) is 40.9 Å². The number of hydrogen-bond donors (Lipinski definition) is 0. The highest BCUT2D eigenvalue weighted by molar-refractivity contribution is 9.10. The molecule has 0 spiro atoms. The van der Waals surface area contributed by atoms with E-state index in [2.05, 4.69) is 37.9 Å². The van der Waals surface area contributed by atoms with Crippen LogP contribution in [0.25, 0.3) is 0 Å². The molecule has 0 saturated carbocycles. The zero-order valence-corrected chi connectivity index (χ0v) is 14.2. The van der Waals surface area contributed by atoms with Crippen molar-refractivity contribution in [3.8, 4) is 6.07 Å². The fourth-order valence-corrected chi connectivity index (χ4v) is 2.87. The number of hydrogen-bond acceptors (Lipinski definition) is 2. The molecule has 1 unspecified atom stereocenters. The predicted octanol–water partition coefficient (Wildman–Crippen LogP) is 5.11. The summed E-state index contributed by atoms with van der Waals surface area (Å²) in [5.41, 5.74) is 0.448. The molecule has 0 aliphatic heterocycles. The van der Waals surface area contributed by atoms with E-state index < -0.39 is 5.92 Å². The number of benzene rings is 1. The van der Waals surface area contributed by atoms with Gasteiger partial charge >= 0.3 is 0 Å². The number of unbranched alkanes of at least 4 members (excludes halogenated alkanes) is 3. The van der Waals surface area contributed by atoms with Gasteiger partial charge in [0, 0.05) is 12.3 Å². The largest absolute Gasteiger partial charge is 0.298 e. The van der Waals surface area contributed by atoms with Gasteiger partial charge in [0.15, 0.2) is 5.78 Å². The first-order chi connectivity index (χ1) is 9.61. The van der Waals surface area contributed by atoms with Crippen molar-refractivity contribution in [2.24, 2.45) is 0 Å². The summed E-state index contributed by atoms with van der Waals surface area (Å²) in [6, 6.07) is 7.13. The summed E-state index contributed by atoms with van der Waals surface area (Å²) in [5, 5.41) is 8.70. The molecule has 1 rings (SSSR count). The monoisotopic (exact) mass is 403 g/mol. The molecule has 1 aromatic carbocycles. The zero-order valence-electron chi connectivity index (χ0n) is 11.0. The lowest BCUT2D eigenvalue weighted by molar-refractivity contribution is -0.118. The van der Waals surface area contributed by atoms with Crippen LogP contribution in [0.2, 0.25) is 0 Å². The Morgan fingerprint density at radius 1 is 1.35 bits per heavy atom. The molecule has 0 bridgehead atoms. The number of ketones is 1. The maximum atomic E-state index is 14.1. The van der Waals surface area contributed by atoms with Crippen LogP contribution in [0.15, 0.2) is 22.7 Å². The highest BCUT2D eigenvalue weighted by Crippen LogP contribution is 2.30. The molecule has 0 amide bonds. The molecule has 0 aliphatic rings. The lowest BCUT2D eigenvalue weighted by atomic mass is 9.89. The second-order valence-corrected chi connectivity index (χ2v) is 5.97. The first-order valence-electron chi connectivity index (χ1n) is 6.51. The third-order valence-electron chi connectivity index (χ3n) is 3.16. The van der Waals surface area contributed by atoms with Gasteiger partial charge in [0.1, 0.15) is 5.82 Å². The highest BCUT2D eigenvalue weighted by atomic mass is 79.9. The molecule has 2 nitrogen and oxygen atoms in total. The third kappa shape index (κ3) is 4.99. The van der Waals surface area contributed by atoms with E-state index in [1.807, 2.05) is 0 Å². The Hall–Kier alpha value is -0.730. The van der Waals surface area contributed by atoms with Crippen molar-refractivity contribution in [2.45, 2.75) is 38.0 Å². The standard InChI is InChI=1S/C15H16Br2FNO/c16-10-14(20)11(6-3-1-2-4-9-19)12-7-5-8-13(17)15(12)18/h5,7-8,11H,1-4,6,10H2. The first-order valence-corrected chi connectivity index (χ1v) is 8.42. The van der Waals surface area contributed by atoms with Crippen LogP contribution in [0.5, 0.6) is 0 Å². The van der Waals surface area contributed by atoms with Crippen molar-refractivity contribution >= 4 is 37.6 Å². The maximum Gasteiger partial charge on any atom is 0.150 e. The molecule has 0 fully saturated rings. The number of nitriles is 1. The second kappa shape index (κ2) is 9.25. The molecule has 1 atom stereocenters. The number of halogens is 3. The van der Waals surface area contributed by atoms with Crippen molar-refractivity contribution in [1.29, 1.82) is 5.26 Å². The minimum absolute atomic E-state index is 0.0118. The molecule has 0 aromatic heterocycles. The molecular weight excluding hydrogens is 389 g/mol. The molecule has 20 heavy (non-hydrogen) atoms. The van der Waals surface area contributed by atoms with Crippen LogP contribution in [0.1, 0.15) is 43.6 Å². The van der Waals surface area contributed by atoms with Crippen molar-refractivity contribution in [3.05, 3.63) is 34.1 Å². The van der Waals surface area contributed by atoms with Gasteiger partial charge in [-0.15, -0.1) is 0 Å². The molecule has 108 valence electrons. The molecule has 5 heteroatoms. The molecular formula is C15H16Br2FNO. The number of alkyl halides is 1. The number of Topliss-reactive ketones (excluding diaryl/α,β-unsaturated/α-hetero) is 1. The summed E-state index contributed by atoms with van der Waals surface area (Å²) >= 11 is 6.32. The van der Waals surface area contributed by atoms with Gasteiger partial charge in [0.2, 0.25) is 0 Å². The number of carbonyl (C=O) groups excluding carboxylic acids is 1. The first kappa shape index (κ1) is 17.3. The second-order valence-electron chi connectivity index (χ2n) is 4.55. The van der Waals surface area contributed by atoms with Crippen molar-refractivity contribution < 1.29 is 9.18 Å². The van der Waals surface area contributed by atoms with Gasteiger partial charge in [-0.2, -0.15) is 5.26 Å². The Labute approximate surface area is 135 Å². The van der Waals surface area contributed by atoms with E-state index in [0.29, 0.717) is 22.9 Å². The smallest absolute Gasteiger partial charge is 0.150 e. The zero-order chi connectivity index (χ0) is 15.0.